The number of anilines is 1. The van der Waals surface area contributed by atoms with Crippen LogP contribution in [0.1, 0.15) is 58.3 Å². The van der Waals surface area contributed by atoms with Crippen molar-refractivity contribution in [3.05, 3.63) is 38.8 Å². The molecule has 0 aliphatic carbocycles. The molecular weight excluding hydrogens is 392 g/mol. The second-order valence-electron chi connectivity index (χ2n) is 8.38. The third-order valence-corrected chi connectivity index (χ3v) is 7.50. The molecule has 152 valence electrons. The van der Waals surface area contributed by atoms with Crippen LogP contribution in [-0.2, 0) is 13.0 Å². The average Bonchev–Trinajstić information content (AvgIpc) is 3.11. The van der Waals surface area contributed by atoms with Gasteiger partial charge in [-0.05, 0) is 51.2 Å². The van der Waals surface area contributed by atoms with E-state index in [0.717, 1.165) is 38.3 Å². The van der Waals surface area contributed by atoms with Gasteiger partial charge in [0.2, 0.25) is 5.95 Å². The van der Waals surface area contributed by atoms with Gasteiger partial charge in [-0.25, -0.2) is 9.97 Å². The van der Waals surface area contributed by atoms with Gasteiger partial charge in [0, 0.05) is 59.7 Å². The average molecular weight is 421 g/mol. The molecule has 3 unspecified atom stereocenters. The summed E-state index contributed by atoms with van der Waals surface area (Å²) in [5.41, 5.74) is 4.05. The molecule has 5 rings (SSSR count). The normalized spacial score (nSPS) is 26.8. The van der Waals surface area contributed by atoms with Crippen LogP contribution in [0.4, 0.5) is 5.95 Å². The van der Waals surface area contributed by atoms with Gasteiger partial charge in [0.25, 0.3) is 0 Å². The molecule has 1 N–H and O–H groups in total. The van der Waals surface area contributed by atoms with Crippen molar-refractivity contribution in [3.8, 4) is 0 Å². The van der Waals surface area contributed by atoms with Crippen LogP contribution in [0.2, 0.25) is 0 Å². The summed E-state index contributed by atoms with van der Waals surface area (Å²) in [5, 5.41) is 9.97. The van der Waals surface area contributed by atoms with E-state index in [1.807, 2.05) is 11.3 Å². The fourth-order valence-corrected chi connectivity index (χ4v) is 6.07. The summed E-state index contributed by atoms with van der Waals surface area (Å²) < 4.78 is 0. The fourth-order valence-electron chi connectivity index (χ4n) is 5.14. The van der Waals surface area contributed by atoms with Crippen molar-refractivity contribution < 1.29 is 5.11 Å². The molecule has 3 aliphatic rings. The Hall–Kier alpha value is -1.21. The van der Waals surface area contributed by atoms with Crippen LogP contribution in [0.5, 0.6) is 0 Å². The zero-order chi connectivity index (χ0) is 18.5. The highest BCUT2D eigenvalue weighted by Gasteiger charge is 2.41. The number of rotatable bonds is 3. The smallest absolute Gasteiger partial charge is 0.225 e. The molecule has 0 aromatic carbocycles. The van der Waals surface area contributed by atoms with Crippen molar-refractivity contribution in [2.45, 2.75) is 70.7 Å². The number of aromatic nitrogens is 2. The first-order valence-corrected chi connectivity index (χ1v) is 11.0. The summed E-state index contributed by atoms with van der Waals surface area (Å²) in [4.78, 5) is 17.4. The van der Waals surface area contributed by atoms with E-state index in [1.54, 1.807) is 0 Å². The van der Waals surface area contributed by atoms with Gasteiger partial charge >= 0.3 is 0 Å². The van der Waals surface area contributed by atoms with E-state index in [-0.39, 0.29) is 18.5 Å². The molecule has 0 saturated carbocycles. The number of hydrogen-bond acceptors (Lipinski definition) is 6. The van der Waals surface area contributed by atoms with Crippen molar-refractivity contribution in [1.29, 1.82) is 0 Å². The quantitative estimate of drug-likeness (QED) is 0.818. The van der Waals surface area contributed by atoms with Crippen molar-refractivity contribution in [2.24, 2.45) is 0 Å². The molecule has 2 bridgehead atoms. The molecule has 28 heavy (non-hydrogen) atoms. The lowest BCUT2D eigenvalue weighted by molar-refractivity contribution is 0.153. The number of halogens is 1. The molecule has 5 nitrogen and oxygen atoms in total. The molecule has 2 aromatic rings. The van der Waals surface area contributed by atoms with E-state index in [0.29, 0.717) is 18.6 Å². The predicted molar refractivity (Wildman–Crippen MR) is 116 cm³/mol. The third kappa shape index (κ3) is 3.56. The van der Waals surface area contributed by atoms with Gasteiger partial charge in [-0.1, -0.05) is 0 Å². The molecule has 3 aliphatic heterocycles. The molecule has 3 atom stereocenters. The maximum atomic E-state index is 9.97. The summed E-state index contributed by atoms with van der Waals surface area (Å²) in [6.07, 6.45) is 7.22. The Labute approximate surface area is 177 Å². The number of aliphatic hydroxyl groups excluding tert-OH is 1. The molecule has 0 spiro atoms. The summed E-state index contributed by atoms with van der Waals surface area (Å²) >= 11 is 1.91. The topological polar surface area (TPSA) is 52.5 Å². The number of hydrogen-bond donors (Lipinski definition) is 1. The van der Waals surface area contributed by atoms with E-state index in [2.05, 4.69) is 35.9 Å². The largest absolute Gasteiger partial charge is 0.391 e. The first-order chi connectivity index (χ1) is 13.1. The van der Waals surface area contributed by atoms with Crippen LogP contribution in [0.15, 0.2) is 12.3 Å². The number of piperidine rings is 1. The predicted octanol–water partition coefficient (Wildman–Crippen LogP) is 3.80. The highest BCUT2D eigenvalue weighted by molar-refractivity contribution is 7.12. The van der Waals surface area contributed by atoms with Gasteiger partial charge in [0.05, 0.1) is 11.8 Å². The molecule has 2 fully saturated rings. The van der Waals surface area contributed by atoms with Crippen LogP contribution in [0.3, 0.4) is 0 Å². The Balaban J connectivity index is 0.00000192. The van der Waals surface area contributed by atoms with Crippen molar-refractivity contribution in [2.75, 3.05) is 18.0 Å². The van der Waals surface area contributed by atoms with E-state index in [1.165, 1.54) is 39.4 Å². The number of nitrogens with zero attached hydrogens (tertiary/aromatic N) is 4. The Morgan fingerprint density at radius 2 is 2.11 bits per heavy atom. The molecule has 5 heterocycles. The SMILES string of the molecule is Cc1cc(CN2C3CCC2c2cnc(N4CCCC(O)C4)nc2C3)c(C)s1.Cl. The fraction of sp³-hybridized carbons (Fsp3) is 0.619. The molecule has 2 aromatic heterocycles. The number of thiophene rings is 1. The van der Waals surface area contributed by atoms with Crippen LogP contribution >= 0.6 is 23.7 Å². The first-order valence-electron chi connectivity index (χ1n) is 10.2. The zero-order valence-electron chi connectivity index (χ0n) is 16.6. The number of aryl methyl sites for hydroxylation is 2. The molecule has 0 amide bonds. The first kappa shape index (κ1) is 20.1. The number of fused-ring (bicyclic) bond motifs is 4. The molecule has 7 heteroatoms. The van der Waals surface area contributed by atoms with Crippen LogP contribution in [0, 0.1) is 13.8 Å². The van der Waals surface area contributed by atoms with Gasteiger partial charge in [0.15, 0.2) is 0 Å². The van der Waals surface area contributed by atoms with Gasteiger partial charge in [-0.2, -0.15) is 0 Å². The third-order valence-electron chi connectivity index (χ3n) is 6.49. The van der Waals surface area contributed by atoms with E-state index >= 15 is 0 Å². The van der Waals surface area contributed by atoms with Gasteiger partial charge < -0.3 is 10.0 Å². The summed E-state index contributed by atoms with van der Waals surface area (Å²) in [5.74, 6) is 0.810. The van der Waals surface area contributed by atoms with Crippen molar-refractivity contribution >= 4 is 29.7 Å². The van der Waals surface area contributed by atoms with E-state index in [9.17, 15) is 5.11 Å². The maximum absolute atomic E-state index is 9.97. The number of aliphatic hydroxyl groups is 1. The maximum Gasteiger partial charge on any atom is 0.225 e. The summed E-state index contributed by atoms with van der Waals surface area (Å²) in [7, 11) is 0. The Bertz CT molecular complexity index is 857. The highest BCUT2D eigenvalue weighted by Crippen LogP contribution is 2.44. The Kier molecular flexibility index (Phi) is 5.67. The van der Waals surface area contributed by atoms with Crippen LogP contribution < -0.4 is 4.90 Å². The Morgan fingerprint density at radius 3 is 2.86 bits per heavy atom. The minimum atomic E-state index is -0.248. The summed E-state index contributed by atoms with van der Waals surface area (Å²) in [6, 6.07) is 3.41. The van der Waals surface area contributed by atoms with E-state index < -0.39 is 0 Å². The second-order valence-corrected chi connectivity index (χ2v) is 9.84. The molecule has 2 saturated heterocycles. The second kappa shape index (κ2) is 7.90. The molecular formula is C21H29ClN4OS. The number of β-amino-alcohol motifs (C(OH)–C–C–N with tert-alkyl or cyclic N) is 1. The van der Waals surface area contributed by atoms with Crippen molar-refractivity contribution in [3.63, 3.8) is 0 Å². The monoisotopic (exact) mass is 420 g/mol. The molecule has 0 radical (unpaired) electrons. The highest BCUT2D eigenvalue weighted by atomic mass is 35.5. The van der Waals surface area contributed by atoms with E-state index in [4.69, 9.17) is 9.97 Å². The Morgan fingerprint density at radius 1 is 1.25 bits per heavy atom. The van der Waals surface area contributed by atoms with Gasteiger partial charge in [-0.15, -0.1) is 23.7 Å². The van der Waals surface area contributed by atoms with Gasteiger partial charge in [-0.3, -0.25) is 4.90 Å². The van der Waals surface area contributed by atoms with Gasteiger partial charge in [0.1, 0.15) is 0 Å². The lowest BCUT2D eigenvalue weighted by Gasteiger charge is -2.36. The summed E-state index contributed by atoms with van der Waals surface area (Å²) in [6.45, 7) is 7.11. The standard InChI is InChI=1S/C21H28N4OS.ClH/c1-13-8-15(14(2)27-13)11-25-16-5-6-20(25)18-10-22-21(23-19(18)9-16)24-7-3-4-17(26)12-24;/h8,10,16-17,20,26H,3-7,9,11-12H2,1-2H3;1H. The van der Waals surface area contributed by atoms with Crippen LogP contribution in [-0.4, -0.2) is 45.2 Å². The minimum Gasteiger partial charge on any atom is -0.391 e. The van der Waals surface area contributed by atoms with Crippen molar-refractivity contribution in [1.82, 2.24) is 14.9 Å². The zero-order valence-corrected chi connectivity index (χ0v) is 18.2. The lowest BCUT2D eigenvalue weighted by atomic mass is 9.98. The minimum absolute atomic E-state index is 0. The van der Waals surface area contributed by atoms with Crippen LogP contribution in [0.25, 0.3) is 0 Å². The lowest BCUT2D eigenvalue weighted by Crippen LogP contribution is -2.41.